The molecule has 1 aromatic rings. The molecule has 2 aliphatic rings. The summed E-state index contributed by atoms with van der Waals surface area (Å²) in [4.78, 5) is 12.3. The Morgan fingerprint density at radius 2 is 1.84 bits per heavy atom. The van der Waals surface area contributed by atoms with Gasteiger partial charge in [0.1, 0.15) is 5.78 Å². The molecule has 2 unspecified atom stereocenters. The van der Waals surface area contributed by atoms with E-state index in [-0.39, 0.29) is 18.1 Å². The Bertz CT molecular complexity index is 491. The van der Waals surface area contributed by atoms with Crippen LogP contribution in [0.2, 0.25) is 0 Å². The SMILES string of the molecule is O=C(Cc1ccc(F)c(F)c1)C1CC2CCC(C1)S2. The molecule has 0 amide bonds. The largest absolute Gasteiger partial charge is 0.299 e. The third-order valence-corrected chi connectivity index (χ3v) is 5.73. The lowest BCUT2D eigenvalue weighted by molar-refractivity contribution is -0.122. The molecule has 0 saturated carbocycles. The summed E-state index contributed by atoms with van der Waals surface area (Å²) in [5, 5.41) is 1.27. The van der Waals surface area contributed by atoms with Gasteiger partial charge in [-0.05, 0) is 43.4 Å². The van der Waals surface area contributed by atoms with Crippen molar-refractivity contribution in [3.05, 3.63) is 35.4 Å². The molecule has 0 spiro atoms. The lowest BCUT2D eigenvalue weighted by Crippen LogP contribution is -2.26. The summed E-state index contributed by atoms with van der Waals surface area (Å²) in [6.45, 7) is 0. The number of hydrogen-bond acceptors (Lipinski definition) is 2. The van der Waals surface area contributed by atoms with Gasteiger partial charge >= 0.3 is 0 Å². The number of fused-ring (bicyclic) bond motifs is 2. The standard InChI is InChI=1S/C15H16F2OS/c16-13-4-1-9(5-14(13)17)6-15(18)10-7-11-2-3-12(8-10)19-11/h1,4-5,10-12H,2-3,6-8H2. The van der Waals surface area contributed by atoms with Gasteiger partial charge in [-0.1, -0.05) is 6.07 Å². The first-order chi connectivity index (χ1) is 9.11. The topological polar surface area (TPSA) is 17.1 Å². The predicted octanol–water partition coefficient (Wildman–Crippen LogP) is 3.75. The first kappa shape index (κ1) is 13.1. The molecule has 2 aliphatic heterocycles. The molecule has 2 atom stereocenters. The monoisotopic (exact) mass is 282 g/mol. The van der Waals surface area contributed by atoms with Crippen molar-refractivity contribution in [1.29, 1.82) is 0 Å². The van der Waals surface area contributed by atoms with Crippen LogP contribution in [0.1, 0.15) is 31.2 Å². The highest BCUT2D eigenvalue weighted by Crippen LogP contribution is 2.46. The number of hydrogen-bond donors (Lipinski definition) is 0. The highest BCUT2D eigenvalue weighted by molar-refractivity contribution is 8.00. The second kappa shape index (κ2) is 5.23. The molecule has 0 aromatic heterocycles. The Hall–Kier alpha value is -0.900. The predicted molar refractivity (Wildman–Crippen MR) is 72.2 cm³/mol. The van der Waals surface area contributed by atoms with Crippen molar-refractivity contribution in [3.8, 4) is 0 Å². The van der Waals surface area contributed by atoms with Crippen LogP contribution >= 0.6 is 11.8 Å². The molecule has 2 bridgehead atoms. The van der Waals surface area contributed by atoms with Crippen LogP contribution in [0.4, 0.5) is 8.78 Å². The zero-order valence-electron chi connectivity index (χ0n) is 10.6. The fourth-order valence-corrected chi connectivity index (χ4v) is 4.89. The molecule has 1 aromatic carbocycles. The quantitative estimate of drug-likeness (QED) is 0.840. The van der Waals surface area contributed by atoms with Gasteiger partial charge < -0.3 is 0 Å². The van der Waals surface area contributed by atoms with Gasteiger partial charge in [0.05, 0.1) is 0 Å². The van der Waals surface area contributed by atoms with E-state index in [0.29, 0.717) is 16.1 Å². The minimum Gasteiger partial charge on any atom is -0.299 e. The number of thioether (sulfide) groups is 1. The van der Waals surface area contributed by atoms with E-state index in [1.54, 1.807) is 0 Å². The highest BCUT2D eigenvalue weighted by Gasteiger charge is 2.37. The van der Waals surface area contributed by atoms with Crippen LogP contribution in [0.3, 0.4) is 0 Å². The average molecular weight is 282 g/mol. The molecule has 2 saturated heterocycles. The van der Waals surface area contributed by atoms with E-state index < -0.39 is 11.6 Å². The van der Waals surface area contributed by atoms with Crippen molar-refractivity contribution in [2.75, 3.05) is 0 Å². The Morgan fingerprint density at radius 3 is 2.47 bits per heavy atom. The van der Waals surface area contributed by atoms with E-state index in [2.05, 4.69) is 0 Å². The number of benzene rings is 1. The number of ketones is 1. The third-order valence-electron chi connectivity index (χ3n) is 4.11. The maximum absolute atomic E-state index is 13.1. The molecule has 2 fully saturated rings. The Balaban J connectivity index is 1.66. The molecule has 2 heterocycles. The van der Waals surface area contributed by atoms with Crippen molar-refractivity contribution in [3.63, 3.8) is 0 Å². The lowest BCUT2D eigenvalue weighted by atomic mass is 9.91. The van der Waals surface area contributed by atoms with Gasteiger partial charge in [0.25, 0.3) is 0 Å². The van der Waals surface area contributed by atoms with Crippen LogP contribution in [-0.4, -0.2) is 16.3 Å². The normalized spacial score (nSPS) is 29.5. The molecule has 0 aliphatic carbocycles. The number of halogens is 2. The molecule has 3 rings (SSSR count). The van der Waals surface area contributed by atoms with E-state index in [4.69, 9.17) is 0 Å². The highest BCUT2D eigenvalue weighted by atomic mass is 32.2. The minimum absolute atomic E-state index is 0.117. The first-order valence-corrected chi connectivity index (χ1v) is 7.68. The van der Waals surface area contributed by atoms with E-state index in [0.717, 1.165) is 25.0 Å². The van der Waals surface area contributed by atoms with Crippen molar-refractivity contribution >= 4 is 17.5 Å². The molecule has 4 heteroatoms. The van der Waals surface area contributed by atoms with Gasteiger partial charge in [-0.2, -0.15) is 11.8 Å². The van der Waals surface area contributed by atoms with Crippen LogP contribution in [0.25, 0.3) is 0 Å². The number of carbonyl (C=O) groups excluding carboxylic acids is 1. The second-order valence-electron chi connectivity index (χ2n) is 5.52. The van der Waals surface area contributed by atoms with Crippen LogP contribution in [0, 0.1) is 17.6 Å². The molecule has 0 N–H and O–H groups in total. The molecule has 1 nitrogen and oxygen atoms in total. The molecule has 0 radical (unpaired) electrons. The second-order valence-corrected chi connectivity index (χ2v) is 7.12. The van der Waals surface area contributed by atoms with E-state index in [1.807, 2.05) is 11.8 Å². The third kappa shape index (κ3) is 2.83. The molecular formula is C15H16F2OS. The fraction of sp³-hybridized carbons (Fsp3) is 0.533. The zero-order chi connectivity index (χ0) is 13.4. The number of rotatable bonds is 3. The van der Waals surface area contributed by atoms with Crippen LogP contribution in [-0.2, 0) is 11.2 Å². The summed E-state index contributed by atoms with van der Waals surface area (Å²) in [6, 6.07) is 3.74. The van der Waals surface area contributed by atoms with E-state index in [1.165, 1.54) is 18.9 Å². The van der Waals surface area contributed by atoms with Gasteiger partial charge in [0, 0.05) is 22.8 Å². The van der Waals surface area contributed by atoms with Crippen molar-refractivity contribution in [2.45, 2.75) is 42.6 Å². The summed E-state index contributed by atoms with van der Waals surface area (Å²) in [5.74, 6) is -1.43. The van der Waals surface area contributed by atoms with Gasteiger partial charge in [0.15, 0.2) is 11.6 Å². The molecular weight excluding hydrogens is 266 g/mol. The summed E-state index contributed by atoms with van der Waals surface area (Å²) >= 11 is 2.02. The lowest BCUT2D eigenvalue weighted by Gasteiger charge is -2.26. The summed E-state index contributed by atoms with van der Waals surface area (Å²) < 4.78 is 26.0. The summed E-state index contributed by atoms with van der Waals surface area (Å²) in [7, 11) is 0. The summed E-state index contributed by atoms with van der Waals surface area (Å²) in [5.41, 5.74) is 0.578. The fourth-order valence-electron chi connectivity index (χ4n) is 3.12. The van der Waals surface area contributed by atoms with Gasteiger partial charge in [-0.3, -0.25) is 4.79 Å². The maximum Gasteiger partial charge on any atom is 0.159 e. The van der Waals surface area contributed by atoms with Gasteiger partial charge in [-0.15, -0.1) is 0 Å². The van der Waals surface area contributed by atoms with E-state index >= 15 is 0 Å². The maximum atomic E-state index is 13.1. The van der Waals surface area contributed by atoms with Gasteiger partial charge in [-0.25, -0.2) is 8.78 Å². The van der Waals surface area contributed by atoms with Crippen molar-refractivity contribution in [2.24, 2.45) is 5.92 Å². The number of carbonyl (C=O) groups is 1. The minimum atomic E-state index is -0.871. The Kier molecular flexibility index (Phi) is 3.61. The molecule has 19 heavy (non-hydrogen) atoms. The summed E-state index contributed by atoms with van der Waals surface area (Å²) in [6.07, 6.45) is 4.61. The van der Waals surface area contributed by atoms with Crippen molar-refractivity contribution < 1.29 is 13.6 Å². The van der Waals surface area contributed by atoms with Crippen molar-refractivity contribution in [1.82, 2.24) is 0 Å². The van der Waals surface area contributed by atoms with Crippen LogP contribution in [0.15, 0.2) is 18.2 Å². The number of Topliss-reactive ketones (excluding diaryl/α,β-unsaturated/α-hetero) is 1. The average Bonchev–Trinajstić information content (AvgIpc) is 2.72. The zero-order valence-corrected chi connectivity index (χ0v) is 11.4. The Labute approximate surface area is 115 Å². The van der Waals surface area contributed by atoms with Crippen LogP contribution < -0.4 is 0 Å². The smallest absolute Gasteiger partial charge is 0.159 e. The van der Waals surface area contributed by atoms with Crippen LogP contribution in [0.5, 0.6) is 0 Å². The molecule has 102 valence electrons. The Morgan fingerprint density at radius 1 is 1.16 bits per heavy atom. The van der Waals surface area contributed by atoms with E-state index in [9.17, 15) is 13.6 Å². The first-order valence-electron chi connectivity index (χ1n) is 6.74. The van der Waals surface area contributed by atoms with Gasteiger partial charge in [0.2, 0.25) is 0 Å².